The van der Waals surface area contributed by atoms with Crippen molar-refractivity contribution in [1.82, 2.24) is 15.6 Å². The number of hydrogen-bond donors (Lipinski definition) is 3. The Morgan fingerprint density at radius 1 is 1.25 bits per heavy atom. The summed E-state index contributed by atoms with van der Waals surface area (Å²) in [7, 11) is 1.65. The van der Waals surface area contributed by atoms with Crippen molar-refractivity contribution in [3.8, 4) is 5.75 Å². The van der Waals surface area contributed by atoms with Crippen molar-refractivity contribution in [2.75, 3.05) is 49.3 Å². The number of benzene rings is 2. The number of carbonyl (C=O) groups is 2. The van der Waals surface area contributed by atoms with Crippen LogP contribution in [-0.4, -0.2) is 62.1 Å². The van der Waals surface area contributed by atoms with E-state index in [1.54, 1.807) is 18.2 Å². The fourth-order valence-corrected chi connectivity index (χ4v) is 5.74. The van der Waals surface area contributed by atoms with Gasteiger partial charge in [-0.15, -0.1) is 11.8 Å². The highest BCUT2D eigenvalue weighted by molar-refractivity contribution is 8.00. The molecule has 2 saturated heterocycles. The Morgan fingerprint density at radius 3 is 2.94 bits per heavy atom. The quantitative estimate of drug-likeness (QED) is 0.450. The van der Waals surface area contributed by atoms with E-state index in [-0.39, 0.29) is 24.1 Å². The summed E-state index contributed by atoms with van der Waals surface area (Å²) in [6.07, 6.45) is 1.06. The maximum atomic E-state index is 12.7. The molecule has 3 aromatic rings. The molecular weight excluding hydrogens is 478 g/mol. The van der Waals surface area contributed by atoms with Crippen LogP contribution in [0.2, 0.25) is 0 Å². The van der Waals surface area contributed by atoms with Crippen molar-refractivity contribution < 1.29 is 19.1 Å². The molecule has 0 aliphatic carbocycles. The summed E-state index contributed by atoms with van der Waals surface area (Å²) in [5.41, 5.74) is 3.54. The number of nitrogens with one attached hydrogen (secondary N) is 3. The van der Waals surface area contributed by atoms with E-state index in [2.05, 4.69) is 27.0 Å². The monoisotopic (exact) mass is 505 g/mol. The van der Waals surface area contributed by atoms with Crippen molar-refractivity contribution >= 4 is 46.0 Å². The minimum Gasteiger partial charge on any atom is -0.495 e. The average Bonchev–Trinajstić information content (AvgIpc) is 3.24. The lowest BCUT2D eigenvalue weighted by Crippen LogP contribution is -2.50. The molecule has 0 bridgehead atoms. The molecule has 4 heterocycles. The molecule has 10 heteroatoms. The van der Waals surface area contributed by atoms with Gasteiger partial charge in [0.25, 0.3) is 0 Å². The van der Waals surface area contributed by atoms with Crippen molar-refractivity contribution in [2.24, 2.45) is 5.92 Å². The van der Waals surface area contributed by atoms with Crippen molar-refractivity contribution in [2.45, 2.75) is 17.0 Å². The Balaban J connectivity index is 1.19. The van der Waals surface area contributed by atoms with Gasteiger partial charge in [-0.05, 0) is 35.9 Å². The summed E-state index contributed by atoms with van der Waals surface area (Å²) in [6, 6.07) is 14.0. The SMILES string of the molecule is COc1cnc2cccc(C(NC[C@@H]3CN(c4ccc5c(c4)NC(=O)CS5)C(=O)O3)C3CNC3)c2c1. The highest BCUT2D eigenvalue weighted by Crippen LogP contribution is 2.36. The molecule has 6 rings (SSSR count). The first-order chi connectivity index (χ1) is 17.6. The molecule has 2 fully saturated rings. The van der Waals surface area contributed by atoms with Crippen LogP contribution in [0.5, 0.6) is 5.75 Å². The Morgan fingerprint density at radius 2 is 2.14 bits per heavy atom. The topological polar surface area (TPSA) is 105 Å². The number of hydrogen-bond acceptors (Lipinski definition) is 8. The Hall–Kier alpha value is -3.34. The number of anilines is 2. The zero-order chi connectivity index (χ0) is 24.6. The predicted octanol–water partition coefficient (Wildman–Crippen LogP) is 3.16. The zero-order valence-electron chi connectivity index (χ0n) is 19.8. The number of ether oxygens (including phenoxy) is 2. The van der Waals surface area contributed by atoms with E-state index in [0.717, 1.165) is 51.6 Å². The molecule has 0 radical (unpaired) electrons. The molecule has 186 valence electrons. The number of rotatable bonds is 7. The molecule has 3 N–H and O–H groups in total. The summed E-state index contributed by atoms with van der Waals surface area (Å²) >= 11 is 1.50. The van der Waals surface area contributed by atoms with E-state index in [4.69, 9.17) is 9.47 Å². The number of carbonyl (C=O) groups excluding carboxylic acids is 2. The smallest absolute Gasteiger partial charge is 0.414 e. The summed E-state index contributed by atoms with van der Waals surface area (Å²) in [6.45, 7) is 2.79. The van der Waals surface area contributed by atoms with Gasteiger partial charge in [-0.25, -0.2) is 4.79 Å². The lowest BCUT2D eigenvalue weighted by molar-refractivity contribution is -0.113. The first-order valence-electron chi connectivity index (χ1n) is 12.0. The van der Waals surface area contributed by atoms with Crippen LogP contribution in [0.1, 0.15) is 11.6 Å². The Bertz CT molecular complexity index is 1330. The molecule has 2 atom stereocenters. The molecule has 9 nitrogen and oxygen atoms in total. The summed E-state index contributed by atoms with van der Waals surface area (Å²) in [5.74, 6) is 1.51. The van der Waals surface area contributed by atoms with E-state index in [1.165, 1.54) is 11.8 Å². The van der Waals surface area contributed by atoms with E-state index < -0.39 is 0 Å². The second-order valence-corrected chi connectivity index (χ2v) is 10.2. The standard InChI is InChI=1S/C26H27N5O4S/c1-34-17-8-20-19(3-2-4-21(20)28-11-17)25(15-9-27-10-15)29-12-18-13-31(26(33)35-18)16-5-6-23-22(7-16)30-24(32)14-36-23/h2-8,11,15,18,25,27,29H,9-10,12-14H2,1H3,(H,30,32)/t18-,25?/m1/s1. The van der Waals surface area contributed by atoms with Gasteiger partial charge < -0.3 is 25.4 Å². The summed E-state index contributed by atoms with van der Waals surface area (Å²) in [4.78, 5) is 31.7. The predicted molar refractivity (Wildman–Crippen MR) is 139 cm³/mol. The highest BCUT2D eigenvalue weighted by Gasteiger charge is 2.35. The van der Waals surface area contributed by atoms with Crippen LogP contribution >= 0.6 is 11.8 Å². The van der Waals surface area contributed by atoms with Gasteiger partial charge in [0.15, 0.2) is 0 Å². The summed E-state index contributed by atoms with van der Waals surface area (Å²) < 4.78 is 11.1. The number of thioether (sulfide) groups is 1. The number of nitrogens with zero attached hydrogens (tertiary/aromatic N) is 2. The van der Waals surface area contributed by atoms with Gasteiger partial charge in [-0.2, -0.15) is 0 Å². The number of pyridine rings is 1. The van der Waals surface area contributed by atoms with Crippen molar-refractivity contribution in [1.29, 1.82) is 0 Å². The van der Waals surface area contributed by atoms with Crippen LogP contribution < -0.4 is 25.6 Å². The van der Waals surface area contributed by atoms with Gasteiger partial charge in [0.05, 0.1) is 36.8 Å². The van der Waals surface area contributed by atoms with E-state index in [0.29, 0.717) is 24.8 Å². The number of amides is 2. The van der Waals surface area contributed by atoms with Gasteiger partial charge in [-0.3, -0.25) is 14.7 Å². The maximum absolute atomic E-state index is 12.7. The van der Waals surface area contributed by atoms with Gasteiger partial charge in [0.1, 0.15) is 11.9 Å². The molecule has 36 heavy (non-hydrogen) atoms. The molecule has 0 spiro atoms. The van der Waals surface area contributed by atoms with Crippen LogP contribution in [0.4, 0.5) is 16.2 Å². The highest BCUT2D eigenvalue weighted by atomic mass is 32.2. The average molecular weight is 506 g/mol. The number of fused-ring (bicyclic) bond motifs is 2. The Kier molecular flexibility index (Phi) is 6.16. The third-order valence-electron chi connectivity index (χ3n) is 6.94. The van der Waals surface area contributed by atoms with Crippen LogP contribution in [-0.2, 0) is 9.53 Å². The van der Waals surface area contributed by atoms with Crippen LogP contribution in [0.25, 0.3) is 10.9 Å². The lowest BCUT2D eigenvalue weighted by Gasteiger charge is -2.36. The maximum Gasteiger partial charge on any atom is 0.414 e. The fourth-order valence-electron chi connectivity index (χ4n) is 4.95. The normalized spacial score (nSPS) is 20.5. The largest absolute Gasteiger partial charge is 0.495 e. The first kappa shape index (κ1) is 23.1. The molecule has 1 unspecified atom stereocenters. The molecule has 3 aliphatic rings. The van der Waals surface area contributed by atoms with Crippen LogP contribution in [0.3, 0.4) is 0 Å². The Labute approximate surface area is 212 Å². The van der Waals surface area contributed by atoms with Gasteiger partial charge in [0.2, 0.25) is 5.91 Å². The van der Waals surface area contributed by atoms with Crippen molar-refractivity contribution in [3.63, 3.8) is 0 Å². The third-order valence-corrected chi connectivity index (χ3v) is 8.01. The number of cyclic esters (lactones) is 1. The van der Waals surface area contributed by atoms with Gasteiger partial charge in [0, 0.05) is 47.6 Å². The number of methoxy groups -OCH3 is 1. The minimum atomic E-state index is -0.377. The van der Waals surface area contributed by atoms with E-state index in [9.17, 15) is 9.59 Å². The molecule has 0 saturated carbocycles. The first-order valence-corrected chi connectivity index (χ1v) is 13.0. The molecule has 2 aromatic carbocycles. The van der Waals surface area contributed by atoms with Gasteiger partial charge >= 0.3 is 6.09 Å². The lowest BCUT2D eigenvalue weighted by atomic mass is 9.86. The third kappa shape index (κ3) is 4.36. The van der Waals surface area contributed by atoms with Crippen LogP contribution in [0, 0.1) is 5.92 Å². The molecule has 2 amide bonds. The zero-order valence-corrected chi connectivity index (χ0v) is 20.6. The van der Waals surface area contributed by atoms with Crippen molar-refractivity contribution in [3.05, 3.63) is 54.2 Å². The minimum absolute atomic E-state index is 0.0338. The summed E-state index contributed by atoms with van der Waals surface area (Å²) in [5, 5.41) is 11.0. The van der Waals surface area contributed by atoms with Gasteiger partial charge in [-0.1, -0.05) is 12.1 Å². The van der Waals surface area contributed by atoms with E-state index >= 15 is 0 Å². The second-order valence-electron chi connectivity index (χ2n) is 9.23. The molecular formula is C26H27N5O4S. The number of aromatic nitrogens is 1. The molecule has 1 aromatic heterocycles. The second kappa shape index (κ2) is 9.61. The van der Waals surface area contributed by atoms with Crippen LogP contribution in [0.15, 0.2) is 53.6 Å². The molecule has 3 aliphatic heterocycles. The fraction of sp³-hybridized carbons (Fsp3) is 0.346. The van der Waals surface area contributed by atoms with E-state index in [1.807, 2.05) is 36.4 Å².